The van der Waals surface area contributed by atoms with E-state index in [1.54, 1.807) is 0 Å². The van der Waals surface area contributed by atoms with Gasteiger partial charge in [0.15, 0.2) is 0 Å². The molecule has 0 fully saturated rings. The van der Waals surface area contributed by atoms with Crippen molar-refractivity contribution in [2.24, 2.45) is 5.73 Å². The highest BCUT2D eigenvalue weighted by atomic mass is 15.1. The first-order chi connectivity index (χ1) is 6.83. The van der Waals surface area contributed by atoms with Gasteiger partial charge in [0.25, 0.3) is 0 Å². The van der Waals surface area contributed by atoms with Crippen molar-refractivity contribution in [3.63, 3.8) is 0 Å². The predicted octanol–water partition coefficient (Wildman–Crippen LogP) is 2.10. The van der Waals surface area contributed by atoms with Gasteiger partial charge in [-0.05, 0) is 12.6 Å². The lowest BCUT2D eigenvalue weighted by atomic mass is 10.2. The molecule has 2 heteroatoms. The molecular weight excluding hydrogens is 172 g/mol. The number of rotatable bonds is 4. The molecule has 0 aliphatic heterocycles. The van der Waals surface area contributed by atoms with E-state index in [1.165, 1.54) is 5.56 Å². The summed E-state index contributed by atoms with van der Waals surface area (Å²) in [7, 11) is 2.08. The van der Waals surface area contributed by atoms with Crippen LogP contribution in [0.25, 0.3) is 0 Å². The molecule has 0 aliphatic carbocycles. The Kier molecular flexibility index (Phi) is 8.19. The Bertz CT molecular complexity index is 209. The van der Waals surface area contributed by atoms with Gasteiger partial charge in [-0.3, -0.25) is 0 Å². The second-order valence-electron chi connectivity index (χ2n) is 3.01. The molecule has 0 saturated heterocycles. The molecule has 0 aliphatic rings. The van der Waals surface area contributed by atoms with Crippen LogP contribution >= 0.6 is 0 Å². The molecule has 1 aromatic carbocycles. The van der Waals surface area contributed by atoms with Crippen molar-refractivity contribution in [3.8, 4) is 0 Å². The summed E-state index contributed by atoms with van der Waals surface area (Å²) in [5.41, 5.74) is 6.78. The Morgan fingerprint density at radius 2 is 1.71 bits per heavy atom. The molecule has 0 spiro atoms. The highest BCUT2D eigenvalue weighted by Gasteiger charge is 1.96. The number of likely N-dealkylation sites (N-methyl/N-ethyl adjacent to an activating group) is 1. The maximum absolute atomic E-state index is 5.44. The zero-order valence-electron chi connectivity index (χ0n) is 9.53. The van der Waals surface area contributed by atoms with Gasteiger partial charge in [-0.1, -0.05) is 44.2 Å². The molecule has 0 radical (unpaired) electrons. The zero-order chi connectivity index (χ0) is 10.8. The van der Waals surface area contributed by atoms with E-state index in [0.717, 1.165) is 19.6 Å². The van der Waals surface area contributed by atoms with E-state index in [9.17, 15) is 0 Å². The van der Waals surface area contributed by atoms with Gasteiger partial charge in [0, 0.05) is 19.6 Å². The maximum Gasteiger partial charge on any atom is 0.0231 e. The molecule has 80 valence electrons. The fraction of sp³-hybridized carbons (Fsp3) is 0.500. The molecule has 0 unspecified atom stereocenters. The second-order valence-corrected chi connectivity index (χ2v) is 3.01. The van der Waals surface area contributed by atoms with Crippen molar-refractivity contribution in [2.75, 3.05) is 20.1 Å². The Morgan fingerprint density at radius 1 is 1.14 bits per heavy atom. The Morgan fingerprint density at radius 3 is 2.21 bits per heavy atom. The average Bonchev–Trinajstić information content (AvgIpc) is 2.22. The third-order valence-electron chi connectivity index (χ3n) is 1.81. The van der Waals surface area contributed by atoms with E-state index in [4.69, 9.17) is 5.73 Å². The lowest BCUT2D eigenvalue weighted by Gasteiger charge is -2.14. The van der Waals surface area contributed by atoms with Gasteiger partial charge >= 0.3 is 0 Å². The van der Waals surface area contributed by atoms with Crippen molar-refractivity contribution < 1.29 is 0 Å². The van der Waals surface area contributed by atoms with Crippen LogP contribution in [0.5, 0.6) is 0 Å². The summed E-state index contributed by atoms with van der Waals surface area (Å²) in [5, 5.41) is 0. The van der Waals surface area contributed by atoms with E-state index in [0.29, 0.717) is 0 Å². The Hall–Kier alpha value is -0.860. The minimum atomic E-state index is 0.726. The van der Waals surface area contributed by atoms with E-state index in [2.05, 4.69) is 36.2 Å². The third kappa shape index (κ3) is 5.73. The smallest absolute Gasteiger partial charge is 0.0231 e. The summed E-state index contributed by atoms with van der Waals surface area (Å²) >= 11 is 0. The molecule has 0 saturated carbocycles. The standard InChI is InChI=1S/C10H16N2.C2H6/c1-12(8-7-11)9-10-5-3-2-4-6-10;1-2/h2-6H,7-9,11H2,1H3;1-2H3. The fourth-order valence-electron chi connectivity index (χ4n) is 1.19. The first-order valence-corrected chi connectivity index (χ1v) is 5.25. The van der Waals surface area contributed by atoms with Crippen LogP contribution in [0.1, 0.15) is 19.4 Å². The number of benzene rings is 1. The van der Waals surface area contributed by atoms with Crippen molar-refractivity contribution in [1.82, 2.24) is 4.90 Å². The highest BCUT2D eigenvalue weighted by molar-refractivity contribution is 5.14. The van der Waals surface area contributed by atoms with Crippen LogP contribution in [0.4, 0.5) is 0 Å². The summed E-state index contributed by atoms with van der Waals surface area (Å²) in [4.78, 5) is 2.22. The Balaban J connectivity index is 0.000000791. The van der Waals surface area contributed by atoms with Crippen molar-refractivity contribution in [2.45, 2.75) is 20.4 Å². The maximum atomic E-state index is 5.44. The first kappa shape index (κ1) is 13.1. The summed E-state index contributed by atoms with van der Waals surface area (Å²) in [6.07, 6.45) is 0. The second kappa shape index (κ2) is 8.73. The first-order valence-electron chi connectivity index (χ1n) is 5.25. The summed E-state index contributed by atoms with van der Waals surface area (Å²) < 4.78 is 0. The Labute approximate surface area is 87.7 Å². The predicted molar refractivity (Wildman–Crippen MR) is 63.2 cm³/mol. The van der Waals surface area contributed by atoms with Crippen LogP contribution in [-0.4, -0.2) is 25.0 Å². The van der Waals surface area contributed by atoms with E-state index >= 15 is 0 Å². The molecule has 2 nitrogen and oxygen atoms in total. The van der Waals surface area contributed by atoms with Gasteiger partial charge in [0.05, 0.1) is 0 Å². The van der Waals surface area contributed by atoms with Crippen LogP contribution in [0, 0.1) is 0 Å². The molecule has 2 N–H and O–H groups in total. The molecular formula is C12H22N2. The van der Waals surface area contributed by atoms with Gasteiger partial charge in [0.1, 0.15) is 0 Å². The monoisotopic (exact) mass is 194 g/mol. The fourth-order valence-corrected chi connectivity index (χ4v) is 1.19. The SMILES string of the molecule is CC.CN(CCN)Cc1ccccc1. The summed E-state index contributed by atoms with van der Waals surface area (Å²) in [5.74, 6) is 0. The topological polar surface area (TPSA) is 29.3 Å². The number of nitrogens with zero attached hydrogens (tertiary/aromatic N) is 1. The van der Waals surface area contributed by atoms with Crippen LogP contribution in [0.2, 0.25) is 0 Å². The molecule has 1 rings (SSSR count). The quantitative estimate of drug-likeness (QED) is 0.795. The number of nitrogens with two attached hydrogens (primary N) is 1. The van der Waals surface area contributed by atoms with Gasteiger partial charge in [0.2, 0.25) is 0 Å². The van der Waals surface area contributed by atoms with Crippen molar-refractivity contribution >= 4 is 0 Å². The normalized spacial score (nSPS) is 9.50. The average molecular weight is 194 g/mol. The lowest BCUT2D eigenvalue weighted by molar-refractivity contribution is 0.336. The minimum absolute atomic E-state index is 0.726. The van der Waals surface area contributed by atoms with Crippen LogP contribution in [0.3, 0.4) is 0 Å². The van der Waals surface area contributed by atoms with Crippen molar-refractivity contribution in [1.29, 1.82) is 0 Å². The minimum Gasteiger partial charge on any atom is -0.329 e. The van der Waals surface area contributed by atoms with Crippen LogP contribution in [-0.2, 0) is 6.54 Å². The molecule has 1 aromatic rings. The molecule has 0 bridgehead atoms. The molecule has 0 amide bonds. The largest absolute Gasteiger partial charge is 0.329 e. The van der Waals surface area contributed by atoms with E-state index < -0.39 is 0 Å². The number of hydrogen-bond acceptors (Lipinski definition) is 2. The lowest BCUT2D eigenvalue weighted by Crippen LogP contribution is -2.24. The molecule has 0 heterocycles. The highest BCUT2D eigenvalue weighted by Crippen LogP contribution is 2.01. The molecule has 0 aromatic heterocycles. The number of hydrogen-bond donors (Lipinski definition) is 1. The molecule has 14 heavy (non-hydrogen) atoms. The van der Waals surface area contributed by atoms with E-state index in [1.807, 2.05) is 19.9 Å². The third-order valence-corrected chi connectivity index (χ3v) is 1.81. The van der Waals surface area contributed by atoms with Gasteiger partial charge < -0.3 is 10.6 Å². The zero-order valence-corrected chi connectivity index (χ0v) is 9.53. The van der Waals surface area contributed by atoms with Gasteiger partial charge in [-0.15, -0.1) is 0 Å². The summed E-state index contributed by atoms with van der Waals surface area (Å²) in [6.45, 7) is 6.66. The van der Waals surface area contributed by atoms with E-state index in [-0.39, 0.29) is 0 Å². The van der Waals surface area contributed by atoms with Gasteiger partial charge in [-0.25, -0.2) is 0 Å². The van der Waals surface area contributed by atoms with Gasteiger partial charge in [-0.2, -0.15) is 0 Å². The van der Waals surface area contributed by atoms with Crippen LogP contribution in [0.15, 0.2) is 30.3 Å². The van der Waals surface area contributed by atoms with Crippen LogP contribution < -0.4 is 5.73 Å². The summed E-state index contributed by atoms with van der Waals surface area (Å²) in [6, 6.07) is 10.4. The van der Waals surface area contributed by atoms with Crippen molar-refractivity contribution in [3.05, 3.63) is 35.9 Å². The molecule has 0 atom stereocenters.